The molecule has 0 radical (unpaired) electrons. The lowest BCUT2D eigenvalue weighted by atomic mass is 10.1. The molecule has 0 atom stereocenters. The van der Waals surface area contributed by atoms with Crippen molar-refractivity contribution >= 4 is 5.69 Å². The van der Waals surface area contributed by atoms with Crippen LogP contribution in [0.4, 0.5) is 5.69 Å². The Morgan fingerprint density at radius 3 is 2.74 bits per heavy atom. The Labute approximate surface area is 158 Å². The summed E-state index contributed by atoms with van der Waals surface area (Å²) in [5.41, 5.74) is 10.6. The number of aromatic nitrogens is 2. The van der Waals surface area contributed by atoms with Crippen molar-refractivity contribution < 1.29 is 9.84 Å². The quantitative estimate of drug-likeness (QED) is 0.694. The van der Waals surface area contributed by atoms with Gasteiger partial charge in [-0.3, -0.25) is 4.90 Å². The van der Waals surface area contributed by atoms with E-state index in [1.807, 2.05) is 42.6 Å². The summed E-state index contributed by atoms with van der Waals surface area (Å²) < 4.78 is 5.14. The fourth-order valence-corrected chi connectivity index (χ4v) is 3.33. The van der Waals surface area contributed by atoms with Gasteiger partial charge >= 0.3 is 0 Å². The summed E-state index contributed by atoms with van der Waals surface area (Å²) in [5, 5.41) is 10.2. The van der Waals surface area contributed by atoms with Crippen LogP contribution >= 0.6 is 0 Å². The molecule has 1 aromatic heterocycles. The van der Waals surface area contributed by atoms with Crippen molar-refractivity contribution in [3.8, 4) is 22.9 Å². The molecule has 6 heteroatoms. The minimum Gasteiger partial charge on any atom is -0.507 e. The number of methoxy groups -OCH3 is 1. The summed E-state index contributed by atoms with van der Waals surface area (Å²) in [6.45, 7) is 2.33. The van der Waals surface area contributed by atoms with Crippen LogP contribution in [0, 0.1) is 0 Å². The summed E-state index contributed by atoms with van der Waals surface area (Å²) in [6, 6.07) is 13.0. The van der Waals surface area contributed by atoms with E-state index in [4.69, 9.17) is 15.5 Å². The van der Waals surface area contributed by atoms with Gasteiger partial charge in [0.15, 0.2) is 5.82 Å². The zero-order chi connectivity index (χ0) is 18.8. The predicted octanol–water partition coefficient (Wildman–Crippen LogP) is 3.00. The highest BCUT2D eigenvalue weighted by atomic mass is 16.5. The lowest BCUT2D eigenvalue weighted by molar-refractivity contribution is 0.239. The van der Waals surface area contributed by atoms with Crippen molar-refractivity contribution in [1.82, 2.24) is 14.9 Å². The first kappa shape index (κ1) is 17.3. The van der Waals surface area contributed by atoms with Crippen molar-refractivity contribution in [1.29, 1.82) is 0 Å². The Balaban J connectivity index is 1.49. The van der Waals surface area contributed by atoms with Crippen LogP contribution in [0.3, 0.4) is 0 Å². The highest BCUT2D eigenvalue weighted by molar-refractivity contribution is 5.58. The monoisotopic (exact) mass is 362 g/mol. The standard InChI is InChI=1S/C21H22N4O2/c1-27-18-7-4-15(20(26)10-18)12-25-9-8-19-16(13-25)11-23-21(24-19)14-2-5-17(22)6-3-14/h2-7,10-11,26H,8-9,12-13,22H2,1H3. The lowest BCUT2D eigenvalue weighted by Gasteiger charge is -2.28. The topological polar surface area (TPSA) is 84.5 Å². The van der Waals surface area contributed by atoms with E-state index in [2.05, 4.69) is 9.88 Å². The number of fused-ring (bicyclic) bond motifs is 1. The van der Waals surface area contributed by atoms with Crippen molar-refractivity contribution in [3.63, 3.8) is 0 Å². The fourth-order valence-electron chi connectivity index (χ4n) is 3.33. The van der Waals surface area contributed by atoms with Crippen LogP contribution in [0.15, 0.2) is 48.7 Å². The molecule has 3 aromatic rings. The molecule has 4 rings (SSSR count). The normalized spacial score (nSPS) is 14.0. The summed E-state index contributed by atoms with van der Waals surface area (Å²) in [5.74, 6) is 1.65. The number of nitrogen functional groups attached to an aromatic ring is 1. The third-order valence-electron chi connectivity index (χ3n) is 4.87. The Bertz CT molecular complexity index is 957. The van der Waals surface area contributed by atoms with Crippen LogP contribution in [0.2, 0.25) is 0 Å². The molecule has 1 aliphatic heterocycles. The average molecular weight is 362 g/mol. The predicted molar refractivity (Wildman–Crippen MR) is 104 cm³/mol. The summed E-state index contributed by atoms with van der Waals surface area (Å²) in [6.07, 6.45) is 2.77. The van der Waals surface area contributed by atoms with Crippen LogP contribution in [0.1, 0.15) is 16.8 Å². The zero-order valence-corrected chi connectivity index (χ0v) is 15.2. The number of hydrogen-bond donors (Lipinski definition) is 2. The number of ether oxygens (including phenoxy) is 1. The number of benzene rings is 2. The maximum atomic E-state index is 10.2. The molecule has 0 saturated carbocycles. The summed E-state index contributed by atoms with van der Waals surface area (Å²) >= 11 is 0. The highest BCUT2D eigenvalue weighted by Gasteiger charge is 2.20. The molecule has 138 valence electrons. The number of nitrogens with two attached hydrogens (primary N) is 1. The van der Waals surface area contributed by atoms with E-state index in [0.717, 1.165) is 53.4 Å². The molecule has 0 unspecified atom stereocenters. The Morgan fingerprint density at radius 1 is 1.19 bits per heavy atom. The van der Waals surface area contributed by atoms with Crippen molar-refractivity contribution in [2.45, 2.75) is 19.5 Å². The van der Waals surface area contributed by atoms with Gasteiger partial charge in [-0.05, 0) is 30.3 Å². The Hall–Kier alpha value is -3.12. The van der Waals surface area contributed by atoms with E-state index in [-0.39, 0.29) is 5.75 Å². The first-order valence-electron chi connectivity index (χ1n) is 8.91. The number of anilines is 1. The van der Waals surface area contributed by atoms with Crippen molar-refractivity contribution in [3.05, 3.63) is 65.5 Å². The molecule has 0 bridgehead atoms. The molecule has 0 amide bonds. The third-order valence-corrected chi connectivity index (χ3v) is 4.87. The smallest absolute Gasteiger partial charge is 0.159 e. The minimum absolute atomic E-state index is 0.259. The van der Waals surface area contributed by atoms with Gasteiger partial charge in [0, 0.05) is 60.7 Å². The van der Waals surface area contributed by atoms with Gasteiger partial charge < -0.3 is 15.6 Å². The first-order chi connectivity index (χ1) is 13.1. The number of rotatable bonds is 4. The number of hydrogen-bond acceptors (Lipinski definition) is 6. The van der Waals surface area contributed by atoms with Gasteiger partial charge in [0.2, 0.25) is 0 Å². The number of phenolic OH excluding ortho intramolecular Hbond substituents is 1. The van der Waals surface area contributed by atoms with E-state index in [1.165, 1.54) is 0 Å². The van der Waals surface area contributed by atoms with Crippen molar-refractivity contribution in [2.24, 2.45) is 0 Å². The molecular weight excluding hydrogens is 340 g/mol. The maximum absolute atomic E-state index is 10.2. The van der Waals surface area contributed by atoms with Gasteiger partial charge in [-0.1, -0.05) is 6.07 Å². The number of phenols is 1. The molecule has 6 nitrogen and oxygen atoms in total. The molecule has 3 N–H and O–H groups in total. The van der Waals surface area contributed by atoms with Crippen LogP contribution in [0.25, 0.3) is 11.4 Å². The van der Waals surface area contributed by atoms with Gasteiger partial charge in [0.1, 0.15) is 11.5 Å². The Kier molecular flexibility index (Phi) is 4.64. The second kappa shape index (κ2) is 7.25. The summed E-state index contributed by atoms with van der Waals surface area (Å²) in [4.78, 5) is 11.6. The minimum atomic E-state index is 0.259. The molecule has 27 heavy (non-hydrogen) atoms. The van der Waals surface area contributed by atoms with Crippen LogP contribution in [-0.2, 0) is 19.5 Å². The molecule has 0 spiro atoms. The highest BCUT2D eigenvalue weighted by Crippen LogP contribution is 2.27. The molecule has 2 heterocycles. The van der Waals surface area contributed by atoms with E-state index < -0.39 is 0 Å². The largest absolute Gasteiger partial charge is 0.507 e. The van der Waals surface area contributed by atoms with Gasteiger partial charge in [0.25, 0.3) is 0 Å². The van der Waals surface area contributed by atoms with E-state index in [0.29, 0.717) is 12.3 Å². The molecule has 2 aromatic carbocycles. The fraction of sp³-hybridized carbons (Fsp3) is 0.238. The number of nitrogens with zero attached hydrogens (tertiary/aromatic N) is 3. The molecular formula is C21H22N4O2. The van der Waals surface area contributed by atoms with Gasteiger partial charge in [0.05, 0.1) is 12.8 Å². The van der Waals surface area contributed by atoms with Crippen LogP contribution in [0.5, 0.6) is 11.5 Å². The maximum Gasteiger partial charge on any atom is 0.159 e. The lowest BCUT2D eigenvalue weighted by Crippen LogP contribution is -2.31. The molecule has 0 fully saturated rings. The van der Waals surface area contributed by atoms with E-state index >= 15 is 0 Å². The van der Waals surface area contributed by atoms with Gasteiger partial charge in [-0.25, -0.2) is 9.97 Å². The van der Waals surface area contributed by atoms with Gasteiger partial charge in [-0.2, -0.15) is 0 Å². The van der Waals surface area contributed by atoms with E-state index in [1.54, 1.807) is 13.2 Å². The molecule has 1 aliphatic rings. The zero-order valence-electron chi connectivity index (χ0n) is 15.2. The van der Waals surface area contributed by atoms with Crippen LogP contribution in [-0.4, -0.2) is 33.6 Å². The van der Waals surface area contributed by atoms with Crippen LogP contribution < -0.4 is 10.5 Å². The number of aromatic hydroxyl groups is 1. The van der Waals surface area contributed by atoms with Gasteiger partial charge in [-0.15, -0.1) is 0 Å². The molecule has 0 aliphatic carbocycles. The second-order valence-electron chi connectivity index (χ2n) is 6.74. The SMILES string of the molecule is COc1ccc(CN2CCc3nc(-c4ccc(N)cc4)ncc3C2)c(O)c1. The second-order valence-corrected chi connectivity index (χ2v) is 6.74. The third kappa shape index (κ3) is 3.71. The Morgan fingerprint density at radius 2 is 2.00 bits per heavy atom. The average Bonchev–Trinajstić information content (AvgIpc) is 2.69. The summed E-state index contributed by atoms with van der Waals surface area (Å²) in [7, 11) is 1.59. The molecule has 0 saturated heterocycles. The first-order valence-corrected chi connectivity index (χ1v) is 8.91. The van der Waals surface area contributed by atoms with Crippen molar-refractivity contribution in [2.75, 3.05) is 19.4 Å². The van der Waals surface area contributed by atoms with E-state index in [9.17, 15) is 5.11 Å².